The van der Waals surface area contributed by atoms with E-state index in [4.69, 9.17) is 9.90 Å². The number of fused-ring (bicyclic) bond motifs is 1. The smallest absolute Gasteiger partial charge is 0.475 e. The van der Waals surface area contributed by atoms with Crippen LogP contribution >= 0.6 is 15.9 Å². The van der Waals surface area contributed by atoms with Gasteiger partial charge in [-0.3, -0.25) is 4.98 Å². The van der Waals surface area contributed by atoms with Crippen molar-refractivity contribution in [2.45, 2.75) is 13.1 Å². The second-order valence-electron chi connectivity index (χ2n) is 6.64. The third kappa shape index (κ3) is 5.02. The molecule has 1 aliphatic heterocycles. The van der Waals surface area contributed by atoms with Gasteiger partial charge in [-0.15, -0.1) is 0 Å². The molecular formula is C19H19BrF3N5O2. The van der Waals surface area contributed by atoms with Crippen molar-refractivity contribution in [1.29, 1.82) is 0 Å². The molecule has 4 heterocycles. The van der Waals surface area contributed by atoms with Gasteiger partial charge >= 0.3 is 12.1 Å². The first-order valence-corrected chi connectivity index (χ1v) is 9.79. The van der Waals surface area contributed by atoms with E-state index in [1.54, 1.807) is 0 Å². The van der Waals surface area contributed by atoms with E-state index in [0.717, 1.165) is 42.0 Å². The lowest BCUT2D eigenvalue weighted by molar-refractivity contribution is -0.192. The van der Waals surface area contributed by atoms with Crippen molar-refractivity contribution in [3.63, 3.8) is 0 Å². The number of anilines is 2. The zero-order valence-corrected chi connectivity index (χ0v) is 17.6. The van der Waals surface area contributed by atoms with Gasteiger partial charge in [-0.1, -0.05) is 0 Å². The van der Waals surface area contributed by atoms with Crippen LogP contribution in [0.2, 0.25) is 0 Å². The maximum atomic E-state index is 10.6. The highest BCUT2D eigenvalue weighted by atomic mass is 79.9. The number of carboxylic acids is 1. The number of carboxylic acid groups (broad SMARTS) is 1. The standard InChI is InChI=1S/C17H18BrN5.C2HF3O2/c1-13-11-19-3-2-15(13)21-6-8-22(9-7-21)17-16-10-14(18)12-23(16)5-4-20-17;3-2(4,5)1(6)7/h2-5,10-12H,6-9H2,1H3;(H,6,7). The fraction of sp³-hybridized carbons (Fsp3) is 0.316. The van der Waals surface area contributed by atoms with Gasteiger partial charge in [0, 0.05) is 67.3 Å². The van der Waals surface area contributed by atoms with E-state index in [9.17, 15) is 13.2 Å². The molecule has 0 spiro atoms. The molecule has 3 aromatic heterocycles. The number of hydrogen-bond acceptors (Lipinski definition) is 5. The maximum Gasteiger partial charge on any atom is 0.490 e. The van der Waals surface area contributed by atoms with E-state index in [2.05, 4.69) is 65.4 Å². The first-order valence-electron chi connectivity index (χ1n) is 8.99. The Bertz CT molecular complexity index is 1030. The van der Waals surface area contributed by atoms with E-state index in [1.807, 2.05) is 24.8 Å². The minimum atomic E-state index is -5.08. The number of aromatic nitrogens is 3. The molecule has 0 atom stereocenters. The predicted molar refractivity (Wildman–Crippen MR) is 110 cm³/mol. The summed E-state index contributed by atoms with van der Waals surface area (Å²) in [6.45, 7) is 6.05. The summed E-state index contributed by atoms with van der Waals surface area (Å²) in [5, 5.41) is 7.12. The Labute approximate surface area is 178 Å². The molecule has 1 saturated heterocycles. The van der Waals surface area contributed by atoms with Gasteiger partial charge < -0.3 is 19.3 Å². The lowest BCUT2D eigenvalue weighted by Crippen LogP contribution is -2.47. The number of rotatable bonds is 2. The van der Waals surface area contributed by atoms with Crippen molar-refractivity contribution in [1.82, 2.24) is 14.4 Å². The lowest BCUT2D eigenvalue weighted by atomic mass is 10.2. The monoisotopic (exact) mass is 485 g/mol. The zero-order valence-electron chi connectivity index (χ0n) is 16.0. The van der Waals surface area contributed by atoms with Gasteiger partial charge in [0.05, 0.1) is 5.52 Å². The number of nitrogens with zero attached hydrogens (tertiary/aromatic N) is 5. The molecule has 3 aromatic rings. The Kier molecular flexibility index (Phi) is 6.49. The Morgan fingerprint density at radius 1 is 1.17 bits per heavy atom. The number of aryl methyl sites for hydroxylation is 1. The maximum absolute atomic E-state index is 10.6. The van der Waals surface area contributed by atoms with E-state index in [1.165, 1.54) is 11.3 Å². The summed E-state index contributed by atoms with van der Waals surface area (Å²) in [6.07, 6.45) is 4.64. The van der Waals surface area contributed by atoms with Gasteiger partial charge in [-0.25, -0.2) is 9.78 Å². The Morgan fingerprint density at radius 3 is 2.40 bits per heavy atom. The van der Waals surface area contributed by atoms with Crippen LogP contribution in [0.4, 0.5) is 24.7 Å². The van der Waals surface area contributed by atoms with E-state index >= 15 is 0 Å². The Morgan fingerprint density at radius 2 is 1.80 bits per heavy atom. The predicted octanol–water partition coefficient (Wildman–Crippen LogP) is 3.76. The van der Waals surface area contributed by atoms with Crippen LogP contribution in [-0.2, 0) is 4.79 Å². The van der Waals surface area contributed by atoms with Crippen molar-refractivity contribution in [2.75, 3.05) is 36.0 Å². The highest BCUT2D eigenvalue weighted by molar-refractivity contribution is 9.10. The molecule has 0 saturated carbocycles. The molecule has 0 aliphatic carbocycles. The van der Waals surface area contributed by atoms with E-state index in [0.29, 0.717) is 0 Å². The van der Waals surface area contributed by atoms with Gasteiger partial charge in [0.1, 0.15) is 0 Å². The second kappa shape index (κ2) is 8.90. The van der Waals surface area contributed by atoms with Gasteiger partial charge in [0.2, 0.25) is 0 Å². The quantitative estimate of drug-likeness (QED) is 0.595. The molecular weight excluding hydrogens is 467 g/mol. The summed E-state index contributed by atoms with van der Waals surface area (Å²) in [5.74, 6) is -1.70. The third-order valence-electron chi connectivity index (χ3n) is 4.62. The molecule has 4 rings (SSSR count). The first kappa shape index (κ1) is 21.9. The summed E-state index contributed by atoms with van der Waals surface area (Å²) >= 11 is 3.55. The number of piperazine rings is 1. The highest BCUT2D eigenvalue weighted by Gasteiger charge is 2.38. The molecule has 30 heavy (non-hydrogen) atoms. The SMILES string of the molecule is Cc1cnccc1N1CCN(c2nccn3cc(Br)cc23)CC1.O=C(O)C(F)(F)F. The fourth-order valence-corrected chi connectivity index (χ4v) is 3.65. The van der Waals surface area contributed by atoms with Crippen LogP contribution < -0.4 is 9.80 Å². The molecule has 1 N–H and O–H groups in total. The summed E-state index contributed by atoms with van der Waals surface area (Å²) < 4.78 is 34.9. The van der Waals surface area contributed by atoms with Crippen molar-refractivity contribution in [3.8, 4) is 0 Å². The van der Waals surface area contributed by atoms with Gasteiger partial charge in [-0.05, 0) is 40.5 Å². The largest absolute Gasteiger partial charge is 0.490 e. The van der Waals surface area contributed by atoms with Crippen LogP contribution in [0, 0.1) is 6.92 Å². The number of pyridine rings is 1. The van der Waals surface area contributed by atoms with Gasteiger partial charge in [0.15, 0.2) is 5.82 Å². The molecule has 7 nitrogen and oxygen atoms in total. The van der Waals surface area contributed by atoms with Crippen molar-refractivity contribution >= 4 is 38.9 Å². The minimum Gasteiger partial charge on any atom is -0.475 e. The van der Waals surface area contributed by atoms with E-state index < -0.39 is 12.1 Å². The molecule has 0 radical (unpaired) electrons. The van der Waals surface area contributed by atoms with Gasteiger partial charge in [-0.2, -0.15) is 13.2 Å². The molecule has 1 fully saturated rings. The summed E-state index contributed by atoms with van der Waals surface area (Å²) in [6, 6.07) is 4.23. The van der Waals surface area contributed by atoms with Crippen molar-refractivity contribution in [3.05, 3.63) is 53.2 Å². The molecule has 0 aromatic carbocycles. The molecule has 11 heteroatoms. The molecule has 0 bridgehead atoms. The van der Waals surface area contributed by atoms with Gasteiger partial charge in [0.25, 0.3) is 0 Å². The van der Waals surface area contributed by atoms with Crippen LogP contribution in [0.5, 0.6) is 0 Å². The van der Waals surface area contributed by atoms with Crippen molar-refractivity contribution in [2.24, 2.45) is 0 Å². The second-order valence-corrected chi connectivity index (χ2v) is 7.56. The molecule has 1 aliphatic rings. The summed E-state index contributed by atoms with van der Waals surface area (Å²) in [4.78, 5) is 22.5. The average molecular weight is 486 g/mol. The number of halogens is 4. The minimum absolute atomic E-state index is 0.969. The normalized spacial score (nSPS) is 14.4. The van der Waals surface area contributed by atoms with Crippen LogP contribution in [0.25, 0.3) is 5.52 Å². The first-order chi connectivity index (χ1) is 14.2. The molecule has 160 valence electrons. The lowest BCUT2D eigenvalue weighted by Gasteiger charge is -2.37. The Balaban J connectivity index is 0.000000318. The van der Waals surface area contributed by atoms with Crippen LogP contribution in [-0.4, -0.2) is 57.8 Å². The zero-order chi connectivity index (χ0) is 21.9. The third-order valence-corrected chi connectivity index (χ3v) is 5.06. The molecule has 0 unspecified atom stereocenters. The van der Waals surface area contributed by atoms with Crippen LogP contribution in [0.15, 0.2) is 47.6 Å². The number of carbonyl (C=O) groups is 1. The van der Waals surface area contributed by atoms with E-state index in [-0.39, 0.29) is 0 Å². The highest BCUT2D eigenvalue weighted by Crippen LogP contribution is 2.26. The summed E-state index contributed by atoms with van der Waals surface area (Å²) in [5.41, 5.74) is 3.67. The van der Waals surface area contributed by atoms with Crippen LogP contribution in [0.3, 0.4) is 0 Å². The number of hydrogen-bond donors (Lipinski definition) is 1. The van der Waals surface area contributed by atoms with Crippen LogP contribution in [0.1, 0.15) is 5.56 Å². The number of alkyl halides is 3. The number of aliphatic carboxylic acids is 1. The Hall–Kier alpha value is -2.82. The summed E-state index contributed by atoms with van der Waals surface area (Å²) in [7, 11) is 0. The molecule has 0 amide bonds. The van der Waals surface area contributed by atoms with Crippen molar-refractivity contribution < 1.29 is 23.1 Å². The fourth-order valence-electron chi connectivity index (χ4n) is 3.21. The topological polar surface area (TPSA) is 74.0 Å². The average Bonchev–Trinajstić information content (AvgIpc) is 3.08.